The van der Waals surface area contributed by atoms with Crippen LogP contribution in [0.15, 0.2) is 36.9 Å². The van der Waals surface area contributed by atoms with Gasteiger partial charge in [-0.15, -0.1) is 0 Å². The van der Waals surface area contributed by atoms with Gasteiger partial charge in [0.1, 0.15) is 5.82 Å². The maximum absolute atomic E-state index is 12.4. The third kappa shape index (κ3) is 3.39. The Morgan fingerprint density at radius 1 is 1.36 bits per heavy atom. The number of aromatic amines is 1. The molecule has 1 fully saturated rings. The number of aryl methyl sites for hydroxylation is 1. The molecule has 1 unspecified atom stereocenters. The summed E-state index contributed by atoms with van der Waals surface area (Å²) in [6.45, 7) is 3.30. The molecule has 6 nitrogen and oxygen atoms in total. The molecule has 2 aromatic rings. The molecule has 1 saturated heterocycles. The zero-order valence-electron chi connectivity index (χ0n) is 13.0. The van der Waals surface area contributed by atoms with E-state index < -0.39 is 0 Å². The number of carbonyl (C=O) groups excluding carboxylic acids is 1. The van der Waals surface area contributed by atoms with Crippen molar-refractivity contribution in [2.45, 2.75) is 25.4 Å². The number of imidazole rings is 1. The predicted octanol–water partition coefficient (Wildman–Crippen LogP) is 1.51. The van der Waals surface area contributed by atoms with Crippen molar-refractivity contribution in [2.24, 2.45) is 0 Å². The van der Waals surface area contributed by atoms with Crippen molar-refractivity contribution < 1.29 is 4.79 Å². The highest BCUT2D eigenvalue weighted by molar-refractivity contribution is 5.76. The predicted molar refractivity (Wildman–Crippen MR) is 84.2 cm³/mol. The van der Waals surface area contributed by atoms with Crippen LogP contribution in [0.5, 0.6) is 0 Å². The zero-order chi connectivity index (χ0) is 15.4. The Labute approximate surface area is 130 Å². The van der Waals surface area contributed by atoms with Crippen molar-refractivity contribution in [3.05, 3.63) is 42.7 Å². The fraction of sp³-hybridized carbons (Fsp3) is 0.500. The summed E-state index contributed by atoms with van der Waals surface area (Å²) in [7, 11) is 2.08. The van der Waals surface area contributed by atoms with Gasteiger partial charge in [0.15, 0.2) is 0 Å². The summed E-state index contributed by atoms with van der Waals surface area (Å²) in [6, 6.07) is 4.18. The van der Waals surface area contributed by atoms with E-state index in [4.69, 9.17) is 0 Å². The van der Waals surface area contributed by atoms with E-state index >= 15 is 0 Å². The van der Waals surface area contributed by atoms with Gasteiger partial charge in [-0.3, -0.25) is 9.69 Å². The molecule has 3 heterocycles. The first kappa shape index (κ1) is 14.8. The fourth-order valence-corrected chi connectivity index (χ4v) is 2.95. The number of H-pyrrole nitrogens is 1. The van der Waals surface area contributed by atoms with Crippen LogP contribution in [0.25, 0.3) is 0 Å². The Balaban J connectivity index is 1.52. The highest BCUT2D eigenvalue weighted by atomic mass is 16.2. The van der Waals surface area contributed by atoms with Crippen LogP contribution in [0, 0.1) is 0 Å². The van der Waals surface area contributed by atoms with Gasteiger partial charge < -0.3 is 14.5 Å². The van der Waals surface area contributed by atoms with Crippen LogP contribution in [0.3, 0.4) is 0 Å². The van der Waals surface area contributed by atoms with Gasteiger partial charge >= 0.3 is 0 Å². The van der Waals surface area contributed by atoms with Crippen LogP contribution in [0.4, 0.5) is 0 Å². The SMILES string of the molecule is CN1CCN(C(=O)CCCn2cccc2)CC1c1ncc[nH]1. The Hall–Kier alpha value is -2.08. The van der Waals surface area contributed by atoms with Gasteiger partial charge in [-0.1, -0.05) is 0 Å². The van der Waals surface area contributed by atoms with Crippen molar-refractivity contribution in [3.63, 3.8) is 0 Å². The van der Waals surface area contributed by atoms with E-state index in [1.165, 1.54) is 0 Å². The molecule has 0 radical (unpaired) electrons. The topological polar surface area (TPSA) is 57.2 Å². The highest BCUT2D eigenvalue weighted by Gasteiger charge is 2.29. The van der Waals surface area contributed by atoms with Crippen molar-refractivity contribution in [1.82, 2.24) is 24.3 Å². The van der Waals surface area contributed by atoms with E-state index in [2.05, 4.69) is 26.5 Å². The molecule has 22 heavy (non-hydrogen) atoms. The van der Waals surface area contributed by atoms with Crippen LogP contribution in [-0.4, -0.2) is 56.9 Å². The number of hydrogen-bond acceptors (Lipinski definition) is 3. The van der Waals surface area contributed by atoms with Gasteiger partial charge in [-0.25, -0.2) is 4.98 Å². The summed E-state index contributed by atoms with van der Waals surface area (Å²) in [5.41, 5.74) is 0. The van der Waals surface area contributed by atoms with E-state index in [0.29, 0.717) is 13.0 Å². The lowest BCUT2D eigenvalue weighted by Crippen LogP contribution is -2.49. The summed E-state index contributed by atoms with van der Waals surface area (Å²) < 4.78 is 2.11. The van der Waals surface area contributed by atoms with Crippen molar-refractivity contribution in [3.8, 4) is 0 Å². The quantitative estimate of drug-likeness (QED) is 0.910. The molecule has 1 amide bonds. The maximum Gasteiger partial charge on any atom is 0.222 e. The molecule has 0 saturated carbocycles. The van der Waals surface area contributed by atoms with Crippen molar-refractivity contribution in [1.29, 1.82) is 0 Å². The summed E-state index contributed by atoms with van der Waals surface area (Å²) in [4.78, 5) is 24.1. The van der Waals surface area contributed by atoms with Gasteiger partial charge in [0.2, 0.25) is 5.91 Å². The molecular formula is C16H23N5O. The van der Waals surface area contributed by atoms with E-state index in [-0.39, 0.29) is 11.9 Å². The minimum atomic E-state index is 0.164. The molecule has 118 valence electrons. The van der Waals surface area contributed by atoms with Crippen molar-refractivity contribution >= 4 is 5.91 Å². The molecule has 0 spiro atoms. The number of hydrogen-bond donors (Lipinski definition) is 1. The third-order valence-electron chi connectivity index (χ3n) is 4.31. The Morgan fingerprint density at radius 2 is 2.18 bits per heavy atom. The highest BCUT2D eigenvalue weighted by Crippen LogP contribution is 2.21. The number of nitrogens with zero attached hydrogens (tertiary/aromatic N) is 4. The zero-order valence-corrected chi connectivity index (χ0v) is 13.0. The maximum atomic E-state index is 12.4. The molecule has 1 atom stereocenters. The summed E-state index contributed by atoms with van der Waals surface area (Å²) >= 11 is 0. The van der Waals surface area contributed by atoms with E-state index in [9.17, 15) is 4.79 Å². The van der Waals surface area contributed by atoms with Crippen molar-refractivity contribution in [2.75, 3.05) is 26.7 Å². The molecule has 6 heteroatoms. The smallest absolute Gasteiger partial charge is 0.222 e. The summed E-state index contributed by atoms with van der Waals surface area (Å²) in [6.07, 6.45) is 9.15. The van der Waals surface area contributed by atoms with Crippen LogP contribution in [0.2, 0.25) is 0 Å². The first-order valence-corrected chi connectivity index (χ1v) is 7.82. The van der Waals surface area contributed by atoms with E-state index in [1.807, 2.05) is 35.6 Å². The molecule has 1 N–H and O–H groups in total. The molecule has 3 rings (SSSR count). The molecule has 0 aromatic carbocycles. The van der Waals surface area contributed by atoms with Gasteiger partial charge in [-0.05, 0) is 25.6 Å². The van der Waals surface area contributed by atoms with Crippen LogP contribution < -0.4 is 0 Å². The van der Waals surface area contributed by atoms with Crippen LogP contribution in [-0.2, 0) is 11.3 Å². The Kier molecular flexibility index (Phi) is 4.58. The first-order chi connectivity index (χ1) is 10.7. The van der Waals surface area contributed by atoms with Crippen LogP contribution >= 0.6 is 0 Å². The monoisotopic (exact) mass is 301 g/mol. The second kappa shape index (κ2) is 6.79. The molecular weight excluding hydrogens is 278 g/mol. The molecule has 1 aliphatic heterocycles. The number of amides is 1. The van der Waals surface area contributed by atoms with E-state index in [1.54, 1.807) is 6.20 Å². The normalized spacial score (nSPS) is 19.5. The van der Waals surface area contributed by atoms with Gasteiger partial charge in [-0.2, -0.15) is 0 Å². The molecule has 2 aromatic heterocycles. The first-order valence-electron chi connectivity index (χ1n) is 7.82. The largest absolute Gasteiger partial charge is 0.354 e. The number of piperazine rings is 1. The summed E-state index contributed by atoms with van der Waals surface area (Å²) in [5.74, 6) is 1.18. The molecule has 1 aliphatic rings. The molecule has 0 bridgehead atoms. The second-order valence-electron chi connectivity index (χ2n) is 5.83. The second-order valence-corrected chi connectivity index (χ2v) is 5.83. The number of aromatic nitrogens is 3. The van der Waals surface area contributed by atoms with Gasteiger partial charge in [0.05, 0.1) is 6.04 Å². The minimum absolute atomic E-state index is 0.164. The Bertz CT molecular complexity index is 578. The standard InChI is InChI=1S/C16H23N5O/c1-19-11-12-21(13-14(19)16-17-6-7-18-16)15(22)5-4-10-20-8-2-3-9-20/h2-3,6-9,14H,4-5,10-13H2,1H3,(H,17,18). The third-order valence-corrected chi connectivity index (χ3v) is 4.31. The van der Waals surface area contributed by atoms with E-state index in [0.717, 1.165) is 31.9 Å². The number of likely N-dealkylation sites (N-methyl/N-ethyl adjacent to an activating group) is 1. The average molecular weight is 301 g/mol. The Morgan fingerprint density at radius 3 is 2.91 bits per heavy atom. The van der Waals surface area contributed by atoms with Crippen LogP contribution in [0.1, 0.15) is 24.7 Å². The minimum Gasteiger partial charge on any atom is -0.354 e. The number of carbonyl (C=O) groups is 1. The number of nitrogens with one attached hydrogen (secondary N) is 1. The average Bonchev–Trinajstić information content (AvgIpc) is 3.21. The fourth-order valence-electron chi connectivity index (χ4n) is 2.95. The van der Waals surface area contributed by atoms with Gasteiger partial charge in [0.25, 0.3) is 0 Å². The lowest BCUT2D eigenvalue weighted by molar-refractivity contribution is -0.134. The van der Waals surface area contributed by atoms with Gasteiger partial charge in [0, 0.05) is 57.4 Å². The lowest BCUT2D eigenvalue weighted by Gasteiger charge is -2.38. The molecule has 0 aliphatic carbocycles. The summed E-state index contributed by atoms with van der Waals surface area (Å²) in [5, 5.41) is 0. The lowest BCUT2D eigenvalue weighted by atomic mass is 10.1. The number of rotatable bonds is 5.